The second kappa shape index (κ2) is 21.3. The van der Waals surface area contributed by atoms with Crippen molar-refractivity contribution in [2.45, 2.75) is 75.4 Å². The van der Waals surface area contributed by atoms with Gasteiger partial charge in [0.05, 0.1) is 12.7 Å². The van der Waals surface area contributed by atoms with E-state index < -0.39 is 28.5 Å². The summed E-state index contributed by atoms with van der Waals surface area (Å²) in [6, 6.07) is 69.9. The number of likely N-dealkylation sites (tertiary alicyclic amines) is 1. The highest BCUT2D eigenvalue weighted by molar-refractivity contribution is 5.79. The molecule has 10 aromatic rings. The lowest BCUT2D eigenvalue weighted by Gasteiger charge is -2.38. The molecule has 4 heterocycles. The van der Waals surface area contributed by atoms with Crippen LogP contribution >= 0.6 is 0 Å². The van der Waals surface area contributed by atoms with Crippen molar-refractivity contribution in [3.63, 3.8) is 0 Å². The van der Waals surface area contributed by atoms with E-state index in [1.54, 1.807) is 4.90 Å². The maximum absolute atomic E-state index is 15.9. The zero-order chi connectivity index (χ0) is 53.9. The van der Waals surface area contributed by atoms with Gasteiger partial charge >= 0.3 is 12.3 Å². The van der Waals surface area contributed by atoms with Crippen LogP contribution in [0.15, 0.2) is 219 Å². The van der Waals surface area contributed by atoms with E-state index in [1.165, 1.54) is 6.20 Å². The van der Waals surface area contributed by atoms with Crippen LogP contribution < -0.4 is 5.32 Å². The molecule has 1 N–H and O–H groups in total. The molecular weight excluding hydrogens is 982 g/mol. The zero-order valence-electron chi connectivity index (χ0n) is 43.7. The minimum atomic E-state index is -4.78. The van der Waals surface area contributed by atoms with Crippen molar-refractivity contribution in [1.29, 1.82) is 0 Å². The number of piperidine rings is 1. The largest absolute Gasteiger partial charge is 0.444 e. The number of fused-ring (bicyclic) bond motifs is 1. The van der Waals surface area contributed by atoms with E-state index in [0.29, 0.717) is 54.0 Å². The van der Waals surface area contributed by atoms with E-state index >= 15 is 13.2 Å². The van der Waals surface area contributed by atoms with Crippen molar-refractivity contribution in [2.75, 3.05) is 18.4 Å². The number of rotatable bonds is 14. The second-order valence-corrected chi connectivity index (χ2v) is 21.0. The van der Waals surface area contributed by atoms with E-state index in [-0.39, 0.29) is 30.5 Å². The van der Waals surface area contributed by atoms with Crippen LogP contribution in [-0.4, -0.2) is 59.4 Å². The summed E-state index contributed by atoms with van der Waals surface area (Å²) in [5, 5.41) is 18.3. The predicted octanol–water partition coefficient (Wildman–Crippen LogP) is 14.0. The van der Waals surface area contributed by atoms with E-state index in [0.717, 1.165) is 43.6 Å². The topological polar surface area (TPSA) is 103 Å². The van der Waals surface area contributed by atoms with Gasteiger partial charge in [-0.1, -0.05) is 211 Å². The van der Waals surface area contributed by atoms with Gasteiger partial charge in [-0.25, -0.2) is 14.5 Å². The van der Waals surface area contributed by atoms with Gasteiger partial charge in [0, 0.05) is 25.1 Å². The summed E-state index contributed by atoms with van der Waals surface area (Å²) in [5.41, 5.74) is 4.51. The van der Waals surface area contributed by atoms with Gasteiger partial charge < -0.3 is 15.0 Å². The van der Waals surface area contributed by atoms with Crippen LogP contribution in [0.5, 0.6) is 0 Å². The molecule has 392 valence electrons. The first-order valence-corrected chi connectivity index (χ1v) is 26.4. The maximum Gasteiger partial charge on any atom is 0.433 e. The van der Waals surface area contributed by atoms with Crippen LogP contribution in [0.25, 0.3) is 11.2 Å². The van der Waals surface area contributed by atoms with Gasteiger partial charge in [-0.2, -0.15) is 18.3 Å². The number of hydrogen-bond acceptors (Lipinski definition) is 7. The van der Waals surface area contributed by atoms with Crippen molar-refractivity contribution in [3.05, 3.63) is 280 Å². The number of benzene rings is 7. The minimum absolute atomic E-state index is 0.0259. The summed E-state index contributed by atoms with van der Waals surface area (Å²) in [7, 11) is 0. The second-order valence-electron chi connectivity index (χ2n) is 21.0. The number of ether oxygens (including phenoxy) is 1. The molecule has 1 aliphatic heterocycles. The average Bonchev–Trinajstić information content (AvgIpc) is 4.20. The Balaban J connectivity index is 1.06. The van der Waals surface area contributed by atoms with Crippen LogP contribution in [0.1, 0.15) is 101 Å². The molecule has 1 aliphatic rings. The van der Waals surface area contributed by atoms with Gasteiger partial charge in [0.1, 0.15) is 33.7 Å². The third-order valence-electron chi connectivity index (χ3n) is 14.8. The van der Waals surface area contributed by atoms with Gasteiger partial charge in [0.25, 0.3) is 0 Å². The minimum Gasteiger partial charge on any atom is -0.444 e. The molecular formula is C65H59F3N8O2. The summed E-state index contributed by atoms with van der Waals surface area (Å²) in [6.07, 6.45) is -2.59. The van der Waals surface area contributed by atoms with Crippen molar-refractivity contribution in [3.8, 4) is 0 Å². The summed E-state index contributed by atoms with van der Waals surface area (Å²) in [6.45, 7) is 6.47. The molecule has 0 aliphatic carbocycles. The molecule has 0 saturated carbocycles. The van der Waals surface area contributed by atoms with Crippen LogP contribution in [0.4, 0.5) is 23.8 Å². The van der Waals surface area contributed by atoms with Gasteiger partial charge in [-0.3, -0.25) is 4.68 Å². The normalized spacial score (nSPS) is 13.6. The van der Waals surface area contributed by atoms with Gasteiger partial charge in [0.2, 0.25) is 0 Å². The Bertz CT molecular complexity index is 3440. The van der Waals surface area contributed by atoms with E-state index in [9.17, 15) is 4.79 Å². The Morgan fingerprint density at radius 2 is 1.10 bits per heavy atom. The molecule has 0 radical (unpaired) electrons. The number of nitrogens with zero attached hydrogens (tertiary/aromatic N) is 7. The molecule has 78 heavy (non-hydrogen) atoms. The number of aromatic nitrogens is 6. The Morgan fingerprint density at radius 1 is 0.615 bits per heavy atom. The number of nitrogens with one attached hydrogen (secondary N) is 1. The first-order chi connectivity index (χ1) is 37.8. The lowest BCUT2D eigenvalue weighted by molar-refractivity contribution is -0.144. The quantitative estimate of drug-likeness (QED) is 0.108. The fraction of sp³-hybridized carbons (Fsp3) is 0.215. The SMILES string of the molecule is CC(C)(C)OC(=O)N1CCC(c2cccc(Cn3ncc(Cc4cc(NC(c5ccccc5)(c5ccccc5)c5ccccc5)nc5c4nnn5C(c4ccccc4)(c4ccccc4)c4ccccc4)c3C(F)(F)F)c2)CC1. The van der Waals surface area contributed by atoms with E-state index in [1.807, 2.05) is 165 Å². The number of carbonyl (C=O) groups is 1. The molecule has 10 nitrogen and oxygen atoms in total. The fourth-order valence-corrected chi connectivity index (χ4v) is 11.3. The lowest BCUT2D eigenvalue weighted by Crippen LogP contribution is -2.41. The molecule has 1 saturated heterocycles. The molecule has 1 fully saturated rings. The van der Waals surface area contributed by atoms with Gasteiger partial charge in [-0.15, -0.1) is 5.10 Å². The molecule has 7 aromatic carbocycles. The monoisotopic (exact) mass is 1040 g/mol. The summed E-state index contributed by atoms with van der Waals surface area (Å²) in [5.74, 6) is 0.508. The first-order valence-electron chi connectivity index (χ1n) is 26.4. The smallest absolute Gasteiger partial charge is 0.433 e. The van der Waals surface area contributed by atoms with Crippen LogP contribution in [0.2, 0.25) is 0 Å². The van der Waals surface area contributed by atoms with Gasteiger partial charge in [0.15, 0.2) is 5.65 Å². The van der Waals surface area contributed by atoms with Crippen molar-refractivity contribution >= 4 is 23.1 Å². The predicted molar refractivity (Wildman–Crippen MR) is 298 cm³/mol. The number of anilines is 1. The van der Waals surface area contributed by atoms with Crippen LogP contribution in [-0.2, 0) is 35.0 Å². The van der Waals surface area contributed by atoms with Crippen molar-refractivity contribution in [1.82, 2.24) is 34.7 Å². The van der Waals surface area contributed by atoms with Crippen molar-refractivity contribution < 1.29 is 22.7 Å². The van der Waals surface area contributed by atoms with E-state index in [2.05, 4.69) is 83.2 Å². The first kappa shape index (κ1) is 51.3. The van der Waals surface area contributed by atoms with Crippen molar-refractivity contribution in [2.24, 2.45) is 0 Å². The number of carbonyl (C=O) groups excluding carboxylic acids is 1. The summed E-state index contributed by atoms with van der Waals surface area (Å²) >= 11 is 0. The Kier molecular flexibility index (Phi) is 14.0. The lowest BCUT2D eigenvalue weighted by atomic mass is 9.77. The number of alkyl halides is 3. The van der Waals surface area contributed by atoms with Gasteiger partial charge in [-0.05, 0) is 95.7 Å². The number of amides is 1. The third-order valence-corrected chi connectivity index (χ3v) is 14.8. The highest BCUT2D eigenvalue weighted by Gasteiger charge is 2.44. The summed E-state index contributed by atoms with van der Waals surface area (Å²) in [4.78, 5) is 20.1. The number of pyridine rings is 1. The number of hydrogen-bond donors (Lipinski definition) is 1. The average molecular weight is 1040 g/mol. The zero-order valence-corrected chi connectivity index (χ0v) is 43.7. The van der Waals surface area contributed by atoms with Crippen LogP contribution in [0.3, 0.4) is 0 Å². The Morgan fingerprint density at radius 3 is 1.58 bits per heavy atom. The molecule has 0 atom stereocenters. The molecule has 0 unspecified atom stereocenters. The molecule has 3 aromatic heterocycles. The number of halogens is 3. The molecule has 0 spiro atoms. The maximum atomic E-state index is 15.9. The Labute approximate surface area is 452 Å². The Hall–Kier alpha value is -8.84. The summed E-state index contributed by atoms with van der Waals surface area (Å²) < 4.78 is 56.1. The third kappa shape index (κ3) is 10.0. The van der Waals surface area contributed by atoms with E-state index in [4.69, 9.17) is 20.0 Å². The highest BCUT2D eigenvalue weighted by atomic mass is 19.4. The highest BCUT2D eigenvalue weighted by Crippen LogP contribution is 2.45. The molecule has 13 heteroatoms. The standard InChI is InChI=1S/C65H59F3N8O2/c1-62(2,3)78-61(77)74-39-37-47(38-40-74)48-24-22-23-46(41-48)45-75-59(65(66,67)68)50(44-69-75)42-49-43-57(71-63(51-25-10-4-11-26-51,52-27-12-5-13-28-52)53-29-14-6-15-30-53)70-60-58(49)72-73-76(60)64(54-31-16-7-17-32-54,55-33-18-8-19-34-55)56-35-20-9-21-36-56/h4-36,41,43-44,47H,37-40,42,45H2,1-3H3,(H,70,71). The van der Waals surface area contributed by atoms with Crippen LogP contribution in [0, 0.1) is 0 Å². The molecule has 0 bridgehead atoms. The fourth-order valence-electron chi connectivity index (χ4n) is 11.3. The molecule has 11 rings (SSSR count). The molecule has 1 amide bonds.